The van der Waals surface area contributed by atoms with Crippen LogP contribution in [0.3, 0.4) is 0 Å². The Hall–Kier alpha value is -2.68. The van der Waals surface area contributed by atoms with E-state index >= 15 is 0 Å². The first-order valence-corrected chi connectivity index (χ1v) is 11.2. The molecule has 0 fully saturated rings. The van der Waals surface area contributed by atoms with Crippen molar-refractivity contribution in [3.8, 4) is 0 Å². The zero-order valence-electron chi connectivity index (χ0n) is 15.6. The summed E-state index contributed by atoms with van der Waals surface area (Å²) in [6, 6.07) is 30.6. The van der Waals surface area contributed by atoms with E-state index in [0.717, 1.165) is 0 Å². The molecule has 5 rings (SSSR count). The lowest BCUT2D eigenvalue weighted by Crippen LogP contribution is -2.00. The highest BCUT2D eigenvalue weighted by Crippen LogP contribution is 2.56. The lowest BCUT2D eigenvalue weighted by Gasteiger charge is -2.19. The molecule has 0 N–H and O–H groups in total. The molecule has 0 saturated heterocycles. The molecule has 0 spiro atoms. The van der Waals surface area contributed by atoms with Crippen LogP contribution < -0.4 is 0 Å². The number of allylic oxidation sites excluding steroid dienone is 4. The van der Waals surface area contributed by atoms with Crippen molar-refractivity contribution in [2.45, 2.75) is 12.8 Å². The average molecular weight is 397 g/mol. The van der Waals surface area contributed by atoms with Crippen LogP contribution in [0.2, 0.25) is 0 Å². The highest BCUT2D eigenvalue weighted by atomic mass is 32.1. The van der Waals surface area contributed by atoms with Crippen molar-refractivity contribution >= 4 is 39.4 Å². The van der Waals surface area contributed by atoms with E-state index in [1.807, 2.05) is 22.7 Å². The summed E-state index contributed by atoms with van der Waals surface area (Å²) < 4.78 is 0. The van der Waals surface area contributed by atoms with Crippen molar-refractivity contribution in [2.24, 2.45) is 0 Å². The summed E-state index contributed by atoms with van der Waals surface area (Å²) >= 11 is 3.69. The SMILES string of the molecule is CC1=C(c2ccccc2)C(c2cccs2)C(c2cccs2)=C1c1ccccc1. The van der Waals surface area contributed by atoms with E-state index in [0.29, 0.717) is 0 Å². The van der Waals surface area contributed by atoms with E-state index in [4.69, 9.17) is 0 Å². The van der Waals surface area contributed by atoms with Gasteiger partial charge in [0.15, 0.2) is 0 Å². The molecule has 0 saturated carbocycles. The van der Waals surface area contributed by atoms with E-state index in [1.54, 1.807) is 0 Å². The van der Waals surface area contributed by atoms with Gasteiger partial charge in [-0.05, 0) is 63.2 Å². The van der Waals surface area contributed by atoms with E-state index in [-0.39, 0.29) is 5.92 Å². The van der Waals surface area contributed by atoms with Crippen LogP contribution in [0.4, 0.5) is 0 Å². The van der Waals surface area contributed by atoms with Gasteiger partial charge in [0.1, 0.15) is 0 Å². The maximum atomic E-state index is 2.30. The molecule has 1 aliphatic rings. The van der Waals surface area contributed by atoms with Crippen molar-refractivity contribution in [3.63, 3.8) is 0 Å². The highest BCUT2D eigenvalue weighted by molar-refractivity contribution is 7.11. The van der Waals surface area contributed by atoms with Gasteiger partial charge in [0.2, 0.25) is 0 Å². The van der Waals surface area contributed by atoms with Crippen LogP contribution in [-0.4, -0.2) is 0 Å². The predicted molar refractivity (Wildman–Crippen MR) is 124 cm³/mol. The minimum atomic E-state index is 0.274. The van der Waals surface area contributed by atoms with Crippen molar-refractivity contribution in [1.82, 2.24) is 0 Å². The molecule has 1 aliphatic carbocycles. The van der Waals surface area contributed by atoms with Gasteiger partial charge in [-0.1, -0.05) is 72.8 Å². The van der Waals surface area contributed by atoms with Gasteiger partial charge in [-0.15, -0.1) is 22.7 Å². The van der Waals surface area contributed by atoms with Gasteiger partial charge in [-0.25, -0.2) is 0 Å². The highest BCUT2D eigenvalue weighted by Gasteiger charge is 2.36. The molecule has 2 heteroatoms. The minimum absolute atomic E-state index is 0.274. The van der Waals surface area contributed by atoms with Crippen LogP contribution in [0.5, 0.6) is 0 Å². The van der Waals surface area contributed by atoms with Crippen LogP contribution in [0.15, 0.2) is 101 Å². The molecule has 0 aliphatic heterocycles. The Morgan fingerprint density at radius 2 is 1.25 bits per heavy atom. The normalized spacial score (nSPS) is 16.8. The molecule has 28 heavy (non-hydrogen) atoms. The lowest BCUT2D eigenvalue weighted by atomic mass is 9.87. The molecule has 0 nitrogen and oxygen atoms in total. The first kappa shape index (κ1) is 17.4. The summed E-state index contributed by atoms with van der Waals surface area (Å²) in [6.07, 6.45) is 0. The topological polar surface area (TPSA) is 0 Å². The molecule has 2 aromatic heterocycles. The molecule has 2 heterocycles. The summed E-state index contributed by atoms with van der Waals surface area (Å²) in [5.74, 6) is 0.274. The van der Waals surface area contributed by atoms with Gasteiger partial charge < -0.3 is 0 Å². The van der Waals surface area contributed by atoms with Gasteiger partial charge in [-0.2, -0.15) is 0 Å². The number of rotatable bonds is 4. The van der Waals surface area contributed by atoms with Crippen LogP contribution in [-0.2, 0) is 0 Å². The number of hydrogen-bond donors (Lipinski definition) is 0. The molecule has 136 valence electrons. The van der Waals surface area contributed by atoms with Gasteiger partial charge in [0.25, 0.3) is 0 Å². The molecule has 1 unspecified atom stereocenters. The summed E-state index contributed by atoms with van der Waals surface area (Å²) in [5, 5.41) is 4.38. The number of benzene rings is 2. The smallest absolute Gasteiger partial charge is 0.0462 e. The first-order chi connectivity index (χ1) is 13.8. The monoisotopic (exact) mass is 396 g/mol. The second kappa shape index (κ2) is 7.38. The Bertz CT molecular complexity index is 1130. The Morgan fingerprint density at radius 1 is 0.607 bits per heavy atom. The quantitative estimate of drug-likeness (QED) is 0.328. The zero-order chi connectivity index (χ0) is 18.9. The number of hydrogen-bond acceptors (Lipinski definition) is 2. The molecule has 1 atom stereocenters. The molecule has 4 aromatic rings. The fraction of sp³-hybridized carbons (Fsp3) is 0.0769. The second-order valence-corrected chi connectivity index (χ2v) is 8.91. The van der Waals surface area contributed by atoms with Gasteiger partial charge in [-0.3, -0.25) is 0 Å². The predicted octanol–water partition coefficient (Wildman–Crippen LogP) is 7.99. The third-order valence-corrected chi connectivity index (χ3v) is 7.23. The first-order valence-electron chi connectivity index (χ1n) is 9.48. The standard InChI is InChI=1S/C26H20S2/c1-18-23(19-10-4-2-5-11-19)25(21-14-8-16-27-21)26(22-15-9-17-28-22)24(18)20-12-6-3-7-13-20/h2-17,25H,1H3. The Labute approximate surface area is 174 Å². The largest absolute Gasteiger partial charge is 0.148 e. The maximum Gasteiger partial charge on any atom is 0.0462 e. The Kier molecular flexibility index (Phi) is 4.59. The summed E-state index contributed by atoms with van der Waals surface area (Å²) in [5.41, 5.74) is 8.28. The van der Waals surface area contributed by atoms with Crippen LogP contribution in [0.25, 0.3) is 16.7 Å². The number of thiophene rings is 2. The Balaban J connectivity index is 1.83. The van der Waals surface area contributed by atoms with E-state index in [2.05, 4.69) is 103 Å². The molecular weight excluding hydrogens is 376 g/mol. The molecule has 0 radical (unpaired) electrons. The Morgan fingerprint density at radius 3 is 1.86 bits per heavy atom. The summed E-state index contributed by atoms with van der Waals surface area (Å²) in [6.45, 7) is 2.30. The summed E-state index contributed by atoms with van der Waals surface area (Å²) in [7, 11) is 0. The fourth-order valence-electron chi connectivity index (χ4n) is 4.26. The fourth-order valence-corrected chi connectivity index (χ4v) is 5.91. The van der Waals surface area contributed by atoms with Crippen LogP contribution in [0.1, 0.15) is 33.7 Å². The van der Waals surface area contributed by atoms with E-state index < -0.39 is 0 Å². The average Bonchev–Trinajstić information content (AvgIpc) is 3.49. The van der Waals surface area contributed by atoms with Crippen LogP contribution in [0, 0.1) is 0 Å². The van der Waals surface area contributed by atoms with Gasteiger partial charge in [0, 0.05) is 15.7 Å². The molecule has 2 aromatic carbocycles. The molecular formula is C26H20S2. The third kappa shape index (κ3) is 2.90. The van der Waals surface area contributed by atoms with E-state index in [1.165, 1.54) is 43.2 Å². The molecule has 0 amide bonds. The second-order valence-electron chi connectivity index (χ2n) is 6.99. The van der Waals surface area contributed by atoms with Crippen molar-refractivity contribution < 1.29 is 0 Å². The minimum Gasteiger partial charge on any atom is -0.148 e. The lowest BCUT2D eigenvalue weighted by molar-refractivity contribution is 1.19. The maximum absolute atomic E-state index is 2.30. The van der Waals surface area contributed by atoms with Gasteiger partial charge >= 0.3 is 0 Å². The summed E-state index contributed by atoms with van der Waals surface area (Å²) in [4.78, 5) is 2.77. The van der Waals surface area contributed by atoms with E-state index in [9.17, 15) is 0 Å². The van der Waals surface area contributed by atoms with Crippen LogP contribution >= 0.6 is 22.7 Å². The van der Waals surface area contributed by atoms with Crippen molar-refractivity contribution in [3.05, 3.63) is 122 Å². The zero-order valence-corrected chi connectivity index (χ0v) is 17.3. The van der Waals surface area contributed by atoms with Gasteiger partial charge in [0.05, 0.1) is 0 Å². The van der Waals surface area contributed by atoms with Crippen molar-refractivity contribution in [2.75, 3.05) is 0 Å². The van der Waals surface area contributed by atoms with Crippen molar-refractivity contribution in [1.29, 1.82) is 0 Å². The third-order valence-electron chi connectivity index (χ3n) is 5.39. The molecule has 0 bridgehead atoms.